The first-order chi connectivity index (χ1) is 11.7. The number of benzene rings is 1. The lowest BCUT2D eigenvalue weighted by atomic mass is 10.2. The van der Waals surface area contributed by atoms with Crippen LogP contribution in [0, 0.1) is 6.92 Å². The van der Waals surface area contributed by atoms with Gasteiger partial charge in [0.1, 0.15) is 0 Å². The fraction of sp³-hybridized carbons (Fsp3) is 0.471. The second-order valence-electron chi connectivity index (χ2n) is 5.82. The fourth-order valence-corrected chi connectivity index (χ4v) is 2.74. The minimum Gasteiger partial charge on any atom is -0.376 e. The largest absolute Gasteiger partial charge is 0.376 e. The standard InChI is InChI=1S/C17H22N4O3/c1-3-21(11-15-8-5-9-23-15)17(22)19-14-7-4-6-13(10-14)16-18-12(2)24-20-16/h4,6-7,10,15H,3,5,8-9,11H2,1-2H3,(H,19,22)/t15-/m0/s1. The van der Waals surface area contributed by atoms with Crippen LogP contribution in [0.2, 0.25) is 0 Å². The maximum Gasteiger partial charge on any atom is 0.321 e. The van der Waals surface area contributed by atoms with E-state index in [2.05, 4.69) is 15.5 Å². The number of hydrogen-bond acceptors (Lipinski definition) is 5. The number of nitrogens with zero attached hydrogens (tertiary/aromatic N) is 3. The van der Waals surface area contributed by atoms with Crippen LogP contribution in [-0.4, -0.2) is 46.9 Å². The molecule has 1 aromatic carbocycles. The number of anilines is 1. The molecule has 1 N–H and O–H groups in total. The van der Waals surface area contributed by atoms with E-state index in [0.717, 1.165) is 25.0 Å². The zero-order valence-corrected chi connectivity index (χ0v) is 14.0. The molecule has 0 radical (unpaired) electrons. The van der Waals surface area contributed by atoms with Gasteiger partial charge in [0.2, 0.25) is 11.7 Å². The van der Waals surface area contributed by atoms with Crippen LogP contribution in [0.15, 0.2) is 28.8 Å². The predicted octanol–water partition coefficient (Wildman–Crippen LogP) is 3.08. The first kappa shape index (κ1) is 16.4. The van der Waals surface area contributed by atoms with Crippen molar-refractivity contribution in [2.45, 2.75) is 32.8 Å². The number of aromatic nitrogens is 2. The third kappa shape index (κ3) is 3.91. The van der Waals surface area contributed by atoms with Gasteiger partial charge in [-0.3, -0.25) is 0 Å². The quantitative estimate of drug-likeness (QED) is 0.911. The van der Waals surface area contributed by atoms with Gasteiger partial charge in [-0.1, -0.05) is 17.3 Å². The summed E-state index contributed by atoms with van der Waals surface area (Å²) in [5.41, 5.74) is 1.50. The van der Waals surface area contributed by atoms with Gasteiger partial charge in [-0.2, -0.15) is 4.98 Å². The zero-order valence-electron chi connectivity index (χ0n) is 14.0. The monoisotopic (exact) mass is 330 g/mol. The normalized spacial score (nSPS) is 17.0. The summed E-state index contributed by atoms with van der Waals surface area (Å²) in [6, 6.07) is 7.28. The van der Waals surface area contributed by atoms with Gasteiger partial charge in [-0.25, -0.2) is 4.79 Å². The van der Waals surface area contributed by atoms with Crippen LogP contribution in [0.25, 0.3) is 11.4 Å². The predicted molar refractivity (Wildman–Crippen MR) is 89.7 cm³/mol. The highest BCUT2D eigenvalue weighted by molar-refractivity contribution is 5.90. The van der Waals surface area contributed by atoms with E-state index in [-0.39, 0.29) is 12.1 Å². The summed E-state index contributed by atoms with van der Waals surface area (Å²) in [5.74, 6) is 1.02. The molecule has 1 atom stereocenters. The lowest BCUT2D eigenvalue weighted by Gasteiger charge is -2.24. The zero-order chi connectivity index (χ0) is 16.9. The van der Waals surface area contributed by atoms with Crippen molar-refractivity contribution in [3.63, 3.8) is 0 Å². The Morgan fingerprint density at radius 3 is 3.00 bits per heavy atom. The summed E-state index contributed by atoms with van der Waals surface area (Å²) in [7, 11) is 0. The van der Waals surface area contributed by atoms with Gasteiger partial charge < -0.3 is 19.5 Å². The molecule has 2 aromatic rings. The number of carbonyl (C=O) groups is 1. The number of aryl methyl sites for hydroxylation is 1. The number of carbonyl (C=O) groups excluding carboxylic acids is 1. The molecule has 7 nitrogen and oxygen atoms in total. The van der Waals surface area contributed by atoms with E-state index >= 15 is 0 Å². The second-order valence-corrected chi connectivity index (χ2v) is 5.82. The SMILES string of the molecule is CCN(C[C@@H]1CCCO1)C(=O)Nc1cccc(-c2noc(C)n2)c1. The number of nitrogens with one attached hydrogen (secondary N) is 1. The number of urea groups is 1. The molecule has 128 valence electrons. The van der Waals surface area contributed by atoms with Crippen LogP contribution >= 0.6 is 0 Å². The Labute approximate surface area is 141 Å². The molecule has 2 heterocycles. The number of likely N-dealkylation sites (N-methyl/N-ethyl adjacent to an activating group) is 1. The topological polar surface area (TPSA) is 80.5 Å². The highest BCUT2D eigenvalue weighted by Gasteiger charge is 2.21. The summed E-state index contributed by atoms with van der Waals surface area (Å²) in [6.07, 6.45) is 2.22. The number of hydrogen-bond donors (Lipinski definition) is 1. The maximum atomic E-state index is 12.5. The van der Waals surface area contributed by atoms with Crippen LogP contribution in [0.3, 0.4) is 0 Å². The van der Waals surface area contributed by atoms with Gasteiger partial charge in [0.05, 0.1) is 6.10 Å². The van der Waals surface area contributed by atoms with Gasteiger partial charge in [0.25, 0.3) is 0 Å². The van der Waals surface area contributed by atoms with E-state index in [0.29, 0.717) is 30.5 Å². The Morgan fingerprint density at radius 1 is 1.46 bits per heavy atom. The summed E-state index contributed by atoms with van der Waals surface area (Å²) < 4.78 is 10.6. The smallest absolute Gasteiger partial charge is 0.321 e. The Kier molecular flexibility index (Phi) is 5.10. The lowest BCUT2D eigenvalue weighted by molar-refractivity contribution is 0.0849. The molecular formula is C17H22N4O3. The van der Waals surface area contributed by atoms with Crippen molar-refractivity contribution in [2.24, 2.45) is 0 Å². The lowest BCUT2D eigenvalue weighted by Crippen LogP contribution is -2.39. The molecule has 0 unspecified atom stereocenters. The molecule has 0 spiro atoms. The molecule has 7 heteroatoms. The van der Waals surface area contributed by atoms with Gasteiger partial charge >= 0.3 is 6.03 Å². The van der Waals surface area contributed by atoms with Gasteiger partial charge in [0.15, 0.2) is 0 Å². The second kappa shape index (κ2) is 7.44. The van der Waals surface area contributed by atoms with Crippen LogP contribution in [0.1, 0.15) is 25.7 Å². The molecule has 1 aliphatic rings. The number of amides is 2. The molecule has 1 fully saturated rings. The molecule has 0 aliphatic carbocycles. The van der Waals surface area contributed by atoms with Crippen LogP contribution in [-0.2, 0) is 4.74 Å². The molecule has 0 bridgehead atoms. The summed E-state index contributed by atoms with van der Waals surface area (Å²) in [5, 5.41) is 6.83. The molecular weight excluding hydrogens is 308 g/mol. The van der Waals surface area contributed by atoms with Gasteiger partial charge in [-0.05, 0) is 31.9 Å². The number of rotatable bonds is 5. The average molecular weight is 330 g/mol. The average Bonchev–Trinajstić information content (AvgIpc) is 3.24. The number of ether oxygens (including phenoxy) is 1. The highest BCUT2D eigenvalue weighted by Crippen LogP contribution is 2.20. The Hall–Kier alpha value is -2.41. The van der Waals surface area contributed by atoms with Crippen LogP contribution in [0.5, 0.6) is 0 Å². The molecule has 1 saturated heterocycles. The van der Waals surface area contributed by atoms with Crippen molar-refractivity contribution in [3.8, 4) is 11.4 Å². The van der Waals surface area contributed by atoms with Crippen LogP contribution < -0.4 is 5.32 Å². The van der Waals surface area contributed by atoms with Crippen molar-refractivity contribution >= 4 is 11.7 Å². The molecule has 1 aliphatic heterocycles. The van der Waals surface area contributed by atoms with E-state index in [1.54, 1.807) is 11.8 Å². The van der Waals surface area contributed by atoms with Crippen molar-refractivity contribution in [2.75, 3.05) is 25.0 Å². The summed E-state index contributed by atoms with van der Waals surface area (Å²) in [6.45, 7) is 5.75. The summed E-state index contributed by atoms with van der Waals surface area (Å²) in [4.78, 5) is 18.5. The van der Waals surface area contributed by atoms with E-state index in [1.165, 1.54) is 0 Å². The van der Waals surface area contributed by atoms with E-state index in [4.69, 9.17) is 9.26 Å². The maximum absolute atomic E-state index is 12.5. The molecule has 3 rings (SSSR count). The van der Waals surface area contributed by atoms with Crippen molar-refractivity contribution in [3.05, 3.63) is 30.2 Å². The molecule has 24 heavy (non-hydrogen) atoms. The Morgan fingerprint density at radius 2 is 2.33 bits per heavy atom. The van der Waals surface area contributed by atoms with Gasteiger partial charge in [-0.15, -0.1) is 0 Å². The third-order valence-corrected chi connectivity index (χ3v) is 4.02. The van der Waals surface area contributed by atoms with E-state index in [9.17, 15) is 4.79 Å². The highest BCUT2D eigenvalue weighted by atomic mass is 16.5. The van der Waals surface area contributed by atoms with Gasteiger partial charge in [0, 0.05) is 37.9 Å². The Bertz CT molecular complexity index is 695. The first-order valence-electron chi connectivity index (χ1n) is 8.24. The van der Waals surface area contributed by atoms with Crippen molar-refractivity contribution in [1.29, 1.82) is 0 Å². The van der Waals surface area contributed by atoms with Crippen molar-refractivity contribution in [1.82, 2.24) is 15.0 Å². The summed E-state index contributed by atoms with van der Waals surface area (Å²) >= 11 is 0. The molecule has 2 amide bonds. The van der Waals surface area contributed by atoms with Crippen LogP contribution in [0.4, 0.5) is 10.5 Å². The van der Waals surface area contributed by atoms with E-state index in [1.807, 2.05) is 31.2 Å². The first-order valence-corrected chi connectivity index (χ1v) is 8.24. The van der Waals surface area contributed by atoms with E-state index < -0.39 is 0 Å². The molecule has 1 aromatic heterocycles. The minimum absolute atomic E-state index is 0.130. The Balaban J connectivity index is 1.66. The molecule has 0 saturated carbocycles. The van der Waals surface area contributed by atoms with Crippen molar-refractivity contribution < 1.29 is 14.1 Å². The fourth-order valence-electron chi connectivity index (χ4n) is 2.74. The third-order valence-electron chi connectivity index (χ3n) is 4.02. The minimum atomic E-state index is -0.130.